The summed E-state index contributed by atoms with van der Waals surface area (Å²) in [6.07, 6.45) is 2.99. The number of nitrogens with two attached hydrogens (primary N) is 1. The summed E-state index contributed by atoms with van der Waals surface area (Å²) in [6.45, 7) is 4.60. The first-order valence-corrected chi connectivity index (χ1v) is 14.7. The fourth-order valence-corrected chi connectivity index (χ4v) is 4.99. The molecular formula is C34H32ClN7O3. The number of anilines is 3. The van der Waals surface area contributed by atoms with Gasteiger partial charge in [0.05, 0.1) is 34.7 Å². The number of carbonyl (C=O) groups excluding carboxylic acids is 2. The molecule has 2 aromatic heterocycles. The number of aryl methyl sites for hydroxylation is 2. The van der Waals surface area contributed by atoms with Gasteiger partial charge in [0.2, 0.25) is 5.91 Å². The molecule has 0 spiro atoms. The van der Waals surface area contributed by atoms with Gasteiger partial charge in [-0.1, -0.05) is 83.9 Å². The normalized spacial score (nSPS) is 10.7. The summed E-state index contributed by atoms with van der Waals surface area (Å²) in [6, 6.07) is 24.4. The molecule has 0 fully saturated rings. The van der Waals surface area contributed by atoms with Crippen molar-refractivity contribution < 1.29 is 9.59 Å². The van der Waals surface area contributed by atoms with Gasteiger partial charge >= 0.3 is 6.03 Å². The molecule has 11 heteroatoms. The van der Waals surface area contributed by atoms with Crippen molar-refractivity contribution >= 4 is 40.6 Å². The Morgan fingerprint density at radius 3 is 2.38 bits per heavy atom. The van der Waals surface area contributed by atoms with Crippen molar-refractivity contribution in [2.24, 2.45) is 0 Å². The van der Waals surface area contributed by atoms with Crippen LogP contribution < -0.4 is 27.2 Å². The average molecular weight is 622 g/mol. The lowest BCUT2D eigenvalue weighted by atomic mass is 9.99. The molecule has 0 atom stereocenters. The van der Waals surface area contributed by atoms with E-state index in [4.69, 9.17) is 17.3 Å². The highest BCUT2D eigenvalue weighted by molar-refractivity contribution is 6.34. The number of benzene rings is 3. The van der Waals surface area contributed by atoms with Crippen LogP contribution in [0.15, 0.2) is 96.1 Å². The van der Waals surface area contributed by atoms with Crippen molar-refractivity contribution in [2.45, 2.75) is 33.4 Å². The number of nitrogens with one attached hydrogen (secondary N) is 3. The predicted octanol–water partition coefficient (Wildman–Crippen LogP) is 6.04. The van der Waals surface area contributed by atoms with E-state index in [0.717, 1.165) is 33.4 Å². The van der Waals surface area contributed by atoms with Crippen LogP contribution in [0.4, 0.5) is 21.9 Å². The zero-order valence-corrected chi connectivity index (χ0v) is 25.6. The summed E-state index contributed by atoms with van der Waals surface area (Å²) < 4.78 is 1.28. The van der Waals surface area contributed by atoms with Crippen LogP contribution in [0.5, 0.6) is 0 Å². The minimum absolute atomic E-state index is 0.0403. The fourth-order valence-electron chi connectivity index (χ4n) is 4.78. The van der Waals surface area contributed by atoms with Gasteiger partial charge in [-0.05, 0) is 48.2 Å². The first-order valence-electron chi connectivity index (χ1n) is 14.3. The van der Waals surface area contributed by atoms with Crippen molar-refractivity contribution in [3.63, 3.8) is 0 Å². The van der Waals surface area contributed by atoms with Gasteiger partial charge in [-0.15, -0.1) is 0 Å². The van der Waals surface area contributed by atoms with Crippen LogP contribution >= 0.6 is 11.6 Å². The van der Waals surface area contributed by atoms with Crippen LogP contribution in [-0.2, 0) is 24.3 Å². The molecule has 0 aliphatic heterocycles. The van der Waals surface area contributed by atoms with Gasteiger partial charge in [0, 0.05) is 24.8 Å². The Morgan fingerprint density at radius 1 is 0.889 bits per heavy atom. The molecular weight excluding hydrogens is 590 g/mol. The molecule has 0 saturated heterocycles. The lowest BCUT2D eigenvalue weighted by Gasteiger charge is -2.13. The number of rotatable bonds is 9. The molecule has 0 radical (unpaired) electrons. The van der Waals surface area contributed by atoms with Crippen molar-refractivity contribution in [2.75, 3.05) is 16.4 Å². The third kappa shape index (κ3) is 7.73. The molecule has 5 aromatic rings. The summed E-state index contributed by atoms with van der Waals surface area (Å²) in [7, 11) is 0. The number of urea groups is 1. The van der Waals surface area contributed by atoms with E-state index in [-0.39, 0.29) is 34.4 Å². The molecule has 0 aliphatic carbocycles. The van der Waals surface area contributed by atoms with Crippen LogP contribution in [0.25, 0.3) is 22.4 Å². The average Bonchev–Trinajstić information content (AvgIpc) is 3.03. The van der Waals surface area contributed by atoms with Crippen LogP contribution in [-0.4, -0.2) is 26.7 Å². The molecule has 3 amide bonds. The lowest BCUT2D eigenvalue weighted by molar-refractivity contribution is -0.120. The maximum atomic E-state index is 13.0. The van der Waals surface area contributed by atoms with Crippen molar-refractivity contribution in [1.29, 1.82) is 0 Å². The van der Waals surface area contributed by atoms with E-state index in [0.29, 0.717) is 18.8 Å². The molecule has 0 bridgehead atoms. The van der Waals surface area contributed by atoms with Crippen LogP contribution in [0.2, 0.25) is 5.02 Å². The largest absolute Gasteiger partial charge is 0.396 e. The highest BCUT2D eigenvalue weighted by Crippen LogP contribution is 2.28. The van der Waals surface area contributed by atoms with Gasteiger partial charge in [-0.25, -0.2) is 9.48 Å². The Balaban J connectivity index is 1.30. The Labute approximate surface area is 265 Å². The maximum absolute atomic E-state index is 13.0. The van der Waals surface area contributed by atoms with Crippen molar-refractivity contribution in [3.05, 3.63) is 123 Å². The Morgan fingerprint density at radius 2 is 1.64 bits per heavy atom. The highest BCUT2D eigenvalue weighted by Gasteiger charge is 2.15. The number of hydrogen-bond acceptors (Lipinski definition) is 6. The number of pyridine rings is 1. The lowest BCUT2D eigenvalue weighted by Crippen LogP contribution is -2.30. The van der Waals surface area contributed by atoms with E-state index < -0.39 is 11.6 Å². The Hall–Kier alpha value is -5.48. The second-order valence-electron chi connectivity index (χ2n) is 10.4. The molecule has 5 rings (SSSR count). The number of hydrogen-bond donors (Lipinski definition) is 4. The molecule has 10 nitrogen and oxygen atoms in total. The summed E-state index contributed by atoms with van der Waals surface area (Å²) in [5, 5.41) is 12.8. The van der Waals surface area contributed by atoms with E-state index >= 15 is 0 Å². The van der Waals surface area contributed by atoms with Crippen LogP contribution in [0, 0.1) is 6.92 Å². The zero-order chi connectivity index (χ0) is 31.9. The number of amides is 3. The van der Waals surface area contributed by atoms with E-state index in [9.17, 15) is 14.4 Å². The molecule has 228 valence electrons. The maximum Gasteiger partial charge on any atom is 0.323 e. The SMILES string of the molecule is CCn1nc(-c2cccc(-c3ccc(CC(=O)NCc4cccc(C)c4)cc3)c2)cc(NC(=O)Nc2c(N)cncc2Cl)c1=O. The number of nitrogens with zero attached hydrogens (tertiary/aromatic N) is 3. The first-order chi connectivity index (χ1) is 21.7. The quantitative estimate of drug-likeness (QED) is 0.158. The van der Waals surface area contributed by atoms with Crippen molar-refractivity contribution in [1.82, 2.24) is 20.1 Å². The summed E-state index contributed by atoms with van der Waals surface area (Å²) in [5.74, 6) is -0.0474. The monoisotopic (exact) mass is 621 g/mol. The second kappa shape index (κ2) is 13.9. The third-order valence-corrected chi connectivity index (χ3v) is 7.36. The summed E-state index contributed by atoms with van der Waals surface area (Å²) in [4.78, 5) is 42.2. The van der Waals surface area contributed by atoms with Crippen molar-refractivity contribution in [3.8, 4) is 22.4 Å². The second-order valence-corrected chi connectivity index (χ2v) is 10.9. The van der Waals surface area contributed by atoms with Gasteiger partial charge < -0.3 is 21.7 Å². The van der Waals surface area contributed by atoms with Gasteiger partial charge in [-0.2, -0.15) is 5.10 Å². The molecule has 3 aromatic carbocycles. The molecule has 2 heterocycles. The van der Waals surface area contributed by atoms with E-state index in [1.807, 2.05) is 73.7 Å². The Bertz CT molecular complexity index is 1900. The van der Waals surface area contributed by atoms with E-state index in [1.165, 1.54) is 23.1 Å². The predicted molar refractivity (Wildman–Crippen MR) is 178 cm³/mol. The number of halogens is 1. The minimum Gasteiger partial charge on any atom is -0.396 e. The topological polar surface area (TPSA) is 144 Å². The highest BCUT2D eigenvalue weighted by atomic mass is 35.5. The molecule has 0 unspecified atom stereocenters. The molecule has 5 N–H and O–H groups in total. The molecule has 0 saturated carbocycles. The standard InChI is InChI=1S/C34H32ClN7O3/c1-3-42-33(44)30(39-34(45)40-32-27(35)19-37-20-28(32)36)17-29(41-42)26-9-5-8-25(16-26)24-12-10-22(11-13-24)15-31(43)38-18-23-7-4-6-21(2)14-23/h4-14,16-17,19-20H,3,15,18,36H2,1-2H3,(H,38,43)(H2,37,39,40,45). The number of nitrogen functional groups attached to an aromatic ring is 1. The Kier molecular flexibility index (Phi) is 9.54. The summed E-state index contributed by atoms with van der Waals surface area (Å²) >= 11 is 6.12. The van der Waals surface area contributed by atoms with Gasteiger partial charge in [0.15, 0.2) is 0 Å². The van der Waals surface area contributed by atoms with Gasteiger partial charge in [-0.3, -0.25) is 14.6 Å². The number of carbonyl (C=O) groups is 2. The van der Waals surface area contributed by atoms with Gasteiger partial charge in [0.25, 0.3) is 5.56 Å². The molecule has 45 heavy (non-hydrogen) atoms. The summed E-state index contributed by atoms with van der Waals surface area (Å²) in [5.41, 5.74) is 12.1. The van der Waals surface area contributed by atoms with Crippen LogP contribution in [0.1, 0.15) is 23.6 Å². The fraction of sp³-hybridized carbons (Fsp3) is 0.147. The zero-order valence-electron chi connectivity index (χ0n) is 24.8. The smallest absolute Gasteiger partial charge is 0.323 e. The van der Waals surface area contributed by atoms with E-state index in [2.05, 4.69) is 32.1 Å². The third-order valence-electron chi connectivity index (χ3n) is 7.07. The van der Waals surface area contributed by atoms with Gasteiger partial charge in [0.1, 0.15) is 5.69 Å². The number of aromatic nitrogens is 3. The first kappa shape index (κ1) is 31.0. The minimum atomic E-state index is -0.690. The van der Waals surface area contributed by atoms with E-state index in [1.54, 1.807) is 6.92 Å². The molecule has 0 aliphatic rings. The van der Waals surface area contributed by atoms with Crippen LogP contribution in [0.3, 0.4) is 0 Å².